The van der Waals surface area contributed by atoms with Gasteiger partial charge < -0.3 is 9.88 Å². The Hall–Kier alpha value is -2.38. The summed E-state index contributed by atoms with van der Waals surface area (Å²) in [6, 6.07) is 1.27. The second-order valence-corrected chi connectivity index (χ2v) is 5.76. The first-order valence-corrected chi connectivity index (χ1v) is 7.43. The summed E-state index contributed by atoms with van der Waals surface area (Å²) in [5.41, 5.74) is 0.908. The van der Waals surface area contributed by atoms with Gasteiger partial charge in [-0.2, -0.15) is 0 Å². The van der Waals surface area contributed by atoms with Gasteiger partial charge in [0.25, 0.3) is 5.91 Å². The minimum atomic E-state index is -2.61. The molecule has 0 aliphatic heterocycles. The predicted octanol–water partition coefficient (Wildman–Crippen LogP) is 2.18. The van der Waals surface area contributed by atoms with Gasteiger partial charge >= 0.3 is 0 Å². The van der Waals surface area contributed by atoms with E-state index in [9.17, 15) is 13.6 Å². The number of halogens is 2. The van der Waals surface area contributed by atoms with Gasteiger partial charge in [-0.1, -0.05) is 0 Å². The van der Waals surface area contributed by atoms with Crippen molar-refractivity contribution in [3.05, 3.63) is 30.5 Å². The first-order valence-electron chi connectivity index (χ1n) is 7.43. The number of rotatable bonds is 3. The van der Waals surface area contributed by atoms with Crippen molar-refractivity contribution in [2.75, 3.05) is 0 Å². The van der Waals surface area contributed by atoms with Crippen LogP contribution >= 0.6 is 0 Å². The Labute approximate surface area is 132 Å². The van der Waals surface area contributed by atoms with Crippen molar-refractivity contribution in [2.45, 2.75) is 37.6 Å². The van der Waals surface area contributed by atoms with E-state index in [1.54, 1.807) is 24.1 Å². The SMILES string of the molecule is Cn1cncc1-c1nccc(C(=O)NC2CCC(F)(F)CC2)n1. The molecule has 1 saturated carbocycles. The van der Waals surface area contributed by atoms with Crippen LogP contribution < -0.4 is 5.32 Å². The van der Waals surface area contributed by atoms with E-state index < -0.39 is 5.92 Å². The first-order chi connectivity index (χ1) is 10.9. The highest BCUT2D eigenvalue weighted by atomic mass is 19.3. The molecule has 122 valence electrons. The number of nitrogens with zero attached hydrogens (tertiary/aromatic N) is 4. The molecule has 1 aliphatic rings. The fourth-order valence-electron chi connectivity index (χ4n) is 2.63. The molecule has 1 aliphatic carbocycles. The van der Waals surface area contributed by atoms with Gasteiger partial charge in [-0.25, -0.2) is 23.7 Å². The van der Waals surface area contributed by atoms with Crippen molar-refractivity contribution >= 4 is 5.91 Å². The van der Waals surface area contributed by atoms with Crippen molar-refractivity contribution in [3.63, 3.8) is 0 Å². The van der Waals surface area contributed by atoms with E-state index in [2.05, 4.69) is 20.3 Å². The maximum absolute atomic E-state index is 13.1. The summed E-state index contributed by atoms with van der Waals surface area (Å²) in [5, 5.41) is 2.78. The number of carbonyl (C=O) groups excluding carboxylic acids is 1. The van der Waals surface area contributed by atoms with Crippen molar-refractivity contribution in [1.29, 1.82) is 0 Å². The van der Waals surface area contributed by atoms with Crippen molar-refractivity contribution in [2.24, 2.45) is 7.05 Å². The summed E-state index contributed by atoms with van der Waals surface area (Å²) in [4.78, 5) is 24.6. The summed E-state index contributed by atoms with van der Waals surface area (Å²) < 4.78 is 28.0. The van der Waals surface area contributed by atoms with E-state index in [1.165, 1.54) is 12.3 Å². The van der Waals surface area contributed by atoms with E-state index in [1.807, 2.05) is 0 Å². The average Bonchev–Trinajstić information content (AvgIpc) is 2.95. The summed E-state index contributed by atoms with van der Waals surface area (Å²) in [6.45, 7) is 0. The fraction of sp³-hybridized carbons (Fsp3) is 0.467. The molecule has 2 aromatic rings. The third kappa shape index (κ3) is 3.52. The molecule has 2 heterocycles. The van der Waals surface area contributed by atoms with Crippen LogP contribution in [0.4, 0.5) is 8.78 Å². The zero-order chi connectivity index (χ0) is 16.4. The van der Waals surface area contributed by atoms with Crippen LogP contribution in [0.1, 0.15) is 36.2 Å². The highest BCUT2D eigenvalue weighted by Crippen LogP contribution is 2.33. The smallest absolute Gasteiger partial charge is 0.270 e. The molecule has 0 spiro atoms. The molecular weight excluding hydrogens is 304 g/mol. The lowest BCUT2D eigenvalue weighted by Gasteiger charge is -2.28. The molecule has 0 aromatic carbocycles. The molecule has 2 aromatic heterocycles. The molecule has 3 rings (SSSR count). The minimum absolute atomic E-state index is 0.192. The zero-order valence-corrected chi connectivity index (χ0v) is 12.7. The monoisotopic (exact) mass is 321 g/mol. The summed E-state index contributed by atoms with van der Waals surface area (Å²) >= 11 is 0. The maximum atomic E-state index is 13.1. The zero-order valence-electron chi connectivity index (χ0n) is 12.7. The molecule has 1 N–H and O–H groups in total. The van der Waals surface area contributed by atoms with Gasteiger partial charge in [-0.15, -0.1) is 0 Å². The lowest BCUT2D eigenvalue weighted by Crippen LogP contribution is -2.40. The van der Waals surface area contributed by atoms with Crippen LogP contribution in [0.25, 0.3) is 11.5 Å². The van der Waals surface area contributed by atoms with Crippen LogP contribution in [0.2, 0.25) is 0 Å². The van der Waals surface area contributed by atoms with E-state index in [0.717, 1.165) is 0 Å². The number of carbonyl (C=O) groups is 1. The maximum Gasteiger partial charge on any atom is 0.270 e. The van der Waals surface area contributed by atoms with Crippen LogP contribution in [0, 0.1) is 0 Å². The van der Waals surface area contributed by atoms with E-state index in [4.69, 9.17) is 0 Å². The number of aromatic nitrogens is 4. The van der Waals surface area contributed by atoms with Gasteiger partial charge in [0.2, 0.25) is 5.92 Å². The average molecular weight is 321 g/mol. The number of hydrogen-bond donors (Lipinski definition) is 1. The number of aryl methyl sites for hydroxylation is 1. The molecule has 0 unspecified atom stereocenters. The minimum Gasteiger partial charge on any atom is -0.348 e. The Morgan fingerprint density at radius 1 is 1.39 bits per heavy atom. The molecule has 0 saturated heterocycles. The van der Waals surface area contributed by atoms with Crippen LogP contribution in [0.15, 0.2) is 24.8 Å². The lowest BCUT2D eigenvalue weighted by molar-refractivity contribution is -0.0399. The van der Waals surface area contributed by atoms with Crippen molar-refractivity contribution in [1.82, 2.24) is 24.8 Å². The number of hydrogen-bond acceptors (Lipinski definition) is 4. The molecule has 1 fully saturated rings. The predicted molar refractivity (Wildman–Crippen MR) is 78.9 cm³/mol. The van der Waals surface area contributed by atoms with Crippen LogP contribution in [-0.4, -0.2) is 37.4 Å². The number of alkyl halides is 2. The quantitative estimate of drug-likeness (QED) is 0.940. The highest BCUT2D eigenvalue weighted by Gasteiger charge is 2.35. The molecule has 0 radical (unpaired) electrons. The van der Waals surface area contributed by atoms with Gasteiger partial charge in [-0.05, 0) is 18.9 Å². The lowest BCUT2D eigenvalue weighted by atomic mass is 9.92. The van der Waals surface area contributed by atoms with Gasteiger partial charge in [-0.3, -0.25) is 4.79 Å². The van der Waals surface area contributed by atoms with Gasteiger partial charge in [0.1, 0.15) is 11.4 Å². The van der Waals surface area contributed by atoms with E-state index in [-0.39, 0.29) is 43.3 Å². The second-order valence-electron chi connectivity index (χ2n) is 5.76. The van der Waals surface area contributed by atoms with E-state index >= 15 is 0 Å². The normalized spacial score (nSPS) is 17.9. The summed E-state index contributed by atoms with van der Waals surface area (Å²) in [7, 11) is 1.81. The Morgan fingerprint density at radius 3 is 2.78 bits per heavy atom. The molecule has 0 bridgehead atoms. The Bertz CT molecular complexity index is 705. The largest absolute Gasteiger partial charge is 0.348 e. The standard InChI is InChI=1S/C15H17F2N5O/c1-22-9-18-8-12(22)13-19-7-4-11(21-13)14(23)20-10-2-5-15(16,17)6-3-10/h4,7-10H,2-3,5-6H2,1H3,(H,20,23). The molecule has 6 nitrogen and oxygen atoms in total. The third-order valence-electron chi connectivity index (χ3n) is 3.99. The Kier molecular flexibility index (Phi) is 4.06. The highest BCUT2D eigenvalue weighted by molar-refractivity contribution is 5.92. The van der Waals surface area contributed by atoms with Gasteiger partial charge in [0.15, 0.2) is 5.82 Å². The second kappa shape index (κ2) is 6.02. The van der Waals surface area contributed by atoms with Crippen LogP contribution in [0.3, 0.4) is 0 Å². The number of nitrogens with one attached hydrogen (secondary N) is 1. The Balaban J connectivity index is 1.70. The molecule has 0 atom stereocenters. The van der Waals surface area contributed by atoms with Crippen LogP contribution in [0.5, 0.6) is 0 Å². The number of amides is 1. The van der Waals surface area contributed by atoms with Gasteiger partial charge in [0, 0.05) is 32.1 Å². The third-order valence-corrected chi connectivity index (χ3v) is 3.99. The van der Waals surface area contributed by atoms with Gasteiger partial charge in [0.05, 0.1) is 12.5 Å². The summed E-state index contributed by atoms with van der Waals surface area (Å²) in [6.07, 6.45) is 4.90. The molecule has 8 heteroatoms. The first kappa shape index (κ1) is 15.5. The Morgan fingerprint density at radius 2 is 2.13 bits per heavy atom. The molecule has 1 amide bonds. The van der Waals surface area contributed by atoms with Crippen molar-refractivity contribution in [3.8, 4) is 11.5 Å². The summed E-state index contributed by atoms with van der Waals surface area (Å²) in [5.74, 6) is -2.58. The topological polar surface area (TPSA) is 72.7 Å². The number of imidazole rings is 1. The molecular formula is C15H17F2N5O. The fourth-order valence-corrected chi connectivity index (χ4v) is 2.63. The molecule has 23 heavy (non-hydrogen) atoms. The van der Waals surface area contributed by atoms with Crippen molar-refractivity contribution < 1.29 is 13.6 Å². The van der Waals surface area contributed by atoms with E-state index in [0.29, 0.717) is 11.5 Å². The van der Waals surface area contributed by atoms with Crippen LogP contribution in [-0.2, 0) is 7.05 Å².